The molecular formula is C20H20F3N5O3. The molecule has 3 aromatic rings. The SMILES string of the molecule is Cc1nc2nc(C(F)(F)F)nn2c(C)c1CCC(=O)NC(C)c1ccc2c(c1)OCO2. The van der Waals surface area contributed by atoms with Crippen LogP contribution in [-0.4, -0.2) is 32.3 Å². The quantitative estimate of drug-likeness (QED) is 0.662. The number of amides is 1. The van der Waals surface area contributed by atoms with Crippen LogP contribution in [0.5, 0.6) is 11.5 Å². The fourth-order valence-electron chi connectivity index (χ4n) is 3.51. The zero-order chi connectivity index (χ0) is 22.3. The molecule has 11 heteroatoms. The number of aryl methyl sites for hydroxylation is 2. The number of benzene rings is 1. The maximum atomic E-state index is 12.9. The normalized spacial score (nSPS) is 14.1. The van der Waals surface area contributed by atoms with Gasteiger partial charge in [0, 0.05) is 17.8 Å². The molecule has 3 heterocycles. The van der Waals surface area contributed by atoms with E-state index in [0.29, 0.717) is 34.9 Å². The Balaban J connectivity index is 1.45. The number of ether oxygens (including phenoxy) is 2. The average Bonchev–Trinajstić information content (AvgIpc) is 3.33. The summed E-state index contributed by atoms with van der Waals surface area (Å²) in [6, 6.07) is 5.21. The highest BCUT2D eigenvalue weighted by molar-refractivity contribution is 5.76. The van der Waals surface area contributed by atoms with Gasteiger partial charge in [-0.25, -0.2) is 9.50 Å². The molecule has 31 heavy (non-hydrogen) atoms. The zero-order valence-electron chi connectivity index (χ0n) is 17.1. The number of aromatic nitrogens is 4. The lowest BCUT2D eigenvalue weighted by Gasteiger charge is -2.15. The van der Waals surface area contributed by atoms with Gasteiger partial charge in [0.1, 0.15) is 0 Å². The molecule has 0 fully saturated rings. The van der Waals surface area contributed by atoms with Crippen LogP contribution in [0.25, 0.3) is 5.78 Å². The van der Waals surface area contributed by atoms with Gasteiger partial charge in [-0.1, -0.05) is 6.07 Å². The monoisotopic (exact) mass is 435 g/mol. The predicted molar refractivity (Wildman–Crippen MR) is 103 cm³/mol. The number of fused-ring (bicyclic) bond motifs is 2. The second kappa shape index (κ2) is 7.71. The van der Waals surface area contributed by atoms with Gasteiger partial charge in [0.15, 0.2) is 11.5 Å². The molecule has 0 saturated heterocycles. The van der Waals surface area contributed by atoms with Crippen LogP contribution in [0.15, 0.2) is 18.2 Å². The number of alkyl halides is 3. The number of rotatable bonds is 5. The number of halogens is 3. The van der Waals surface area contributed by atoms with E-state index in [1.54, 1.807) is 19.9 Å². The zero-order valence-corrected chi connectivity index (χ0v) is 17.1. The first kappa shape index (κ1) is 20.9. The van der Waals surface area contributed by atoms with Crippen molar-refractivity contribution in [1.82, 2.24) is 24.9 Å². The van der Waals surface area contributed by atoms with Crippen molar-refractivity contribution in [1.29, 1.82) is 0 Å². The van der Waals surface area contributed by atoms with Gasteiger partial charge in [-0.2, -0.15) is 18.2 Å². The Bertz CT molecular complexity index is 1160. The summed E-state index contributed by atoms with van der Waals surface area (Å²) in [7, 11) is 0. The molecule has 2 aromatic heterocycles. The molecule has 0 spiro atoms. The average molecular weight is 435 g/mol. The third-order valence-electron chi connectivity index (χ3n) is 5.18. The van der Waals surface area contributed by atoms with E-state index >= 15 is 0 Å². The van der Waals surface area contributed by atoms with E-state index in [0.717, 1.165) is 10.1 Å². The lowest BCUT2D eigenvalue weighted by atomic mass is 10.0. The molecule has 164 valence electrons. The van der Waals surface area contributed by atoms with Crippen molar-refractivity contribution in [3.8, 4) is 11.5 Å². The third-order valence-corrected chi connectivity index (χ3v) is 5.18. The number of nitrogens with zero attached hydrogens (tertiary/aromatic N) is 4. The first-order chi connectivity index (χ1) is 14.6. The van der Waals surface area contributed by atoms with E-state index in [9.17, 15) is 18.0 Å². The molecular weight excluding hydrogens is 415 g/mol. The molecule has 1 aliphatic heterocycles. The van der Waals surface area contributed by atoms with Crippen molar-refractivity contribution >= 4 is 11.7 Å². The van der Waals surface area contributed by atoms with Gasteiger partial charge in [0.25, 0.3) is 11.6 Å². The summed E-state index contributed by atoms with van der Waals surface area (Å²) < 4.78 is 50.5. The molecule has 4 rings (SSSR count). The van der Waals surface area contributed by atoms with Crippen molar-refractivity contribution in [2.24, 2.45) is 0 Å². The van der Waals surface area contributed by atoms with Crippen molar-refractivity contribution in [2.75, 3.05) is 6.79 Å². The lowest BCUT2D eigenvalue weighted by Crippen LogP contribution is -2.27. The Labute approximate surface area is 175 Å². The van der Waals surface area contributed by atoms with Gasteiger partial charge in [-0.15, -0.1) is 5.10 Å². The van der Waals surface area contributed by atoms with Crippen LogP contribution < -0.4 is 14.8 Å². The van der Waals surface area contributed by atoms with E-state index < -0.39 is 12.0 Å². The van der Waals surface area contributed by atoms with E-state index in [1.807, 2.05) is 19.1 Å². The molecule has 0 radical (unpaired) electrons. The smallest absolute Gasteiger partial charge is 0.453 e. The summed E-state index contributed by atoms with van der Waals surface area (Å²) in [5, 5.41) is 6.44. The first-order valence-corrected chi connectivity index (χ1v) is 9.62. The van der Waals surface area contributed by atoms with Crippen LogP contribution in [0.4, 0.5) is 13.2 Å². The van der Waals surface area contributed by atoms with Crippen LogP contribution in [-0.2, 0) is 17.4 Å². The third kappa shape index (κ3) is 4.12. The summed E-state index contributed by atoms with van der Waals surface area (Å²) in [6.07, 6.45) is -4.20. The van der Waals surface area contributed by atoms with Gasteiger partial charge < -0.3 is 14.8 Å². The maximum Gasteiger partial charge on any atom is 0.453 e. The van der Waals surface area contributed by atoms with E-state index in [2.05, 4.69) is 20.4 Å². The van der Waals surface area contributed by atoms with Crippen LogP contribution >= 0.6 is 0 Å². The van der Waals surface area contributed by atoms with E-state index in [1.165, 1.54) is 0 Å². The highest BCUT2D eigenvalue weighted by Gasteiger charge is 2.37. The second-order valence-corrected chi connectivity index (χ2v) is 7.31. The molecule has 1 atom stereocenters. The van der Waals surface area contributed by atoms with Gasteiger partial charge in [0.05, 0.1) is 6.04 Å². The number of nitrogens with one attached hydrogen (secondary N) is 1. The van der Waals surface area contributed by atoms with Gasteiger partial charge >= 0.3 is 6.18 Å². The summed E-state index contributed by atoms with van der Waals surface area (Å²) in [5.41, 5.74) is 2.53. The van der Waals surface area contributed by atoms with Gasteiger partial charge in [0.2, 0.25) is 12.7 Å². The Hall–Kier alpha value is -3.37. The van der Waals surface area contributed by atoms with Crippen LogP contribution in [0.3, 0.4) is 0 Å². The minimum absolute atomic E-state index is 0.119. The molecule has 1 unspecified atom stereocenters. The molecule has 0 bridgehead atoms. The minimum Gasteiger partial charge on any atom is -0.454 e. The van der Waals surface area contributed by atoms with Gasteiger partial charge in [-0.05, 0) is 50.5 Å². The molecule has 0 saturated carbocycles. The molecule has 0 aliphatic carbocycles. The van der Waals surface area contributed by atoms with Crippen molar-refractivity contribution < 1.29 is 27.4 Å². The van der Waals surface area contributed by atoms with Crippen molar-refractivity contribution in [3.05, 3.63) is 46.5 Å². The second-order valence-electron chi connectivity index (χ2n) is 7.31. The predicted octanol–water partition coefficient (Wildman–Crippen LogP) is 3.30. The summed E-state index contributed by atoms with van der Waals surface area (Å²) in [5.74, 6) is -0.256. The Morgan fingerprint density at radius 3 is 2.71 bits per heavy atom. The standard InChI is InChI=1S/C20H20F3N5O3/c1-10(13-4-6-15-16(8-13)31-9-30-15)24-17(29)7-5-14-11(2)25-19-26-18(20(21,22)23)27-28(19)12(14)3/h4,6,8,10H,5,7,9H2,1-3H3,(H,24,29). The van der Waals surface area contributed by atoms with E-state index in [-0.39, 0.29) is 30.9 Å². The molecule has 1 N–H and O–H groups in total. The van der Waals surface area contributed by atoms with Crippen molar-refractivity contribution in [2.45, 2.75) is 45.8 Å². The number of carbonyl (C=O) groups is 1. The fourth-order valence-corrected chi connectivity index (χ4v) is 3.51. The first-order valence-electron chi connectivity index (χ1n) is 9.62. The molecule has 1 aromatic carbocycles. The highest BCUT2D eigenvalue weighted by Crippen LogP contribution is 2.34. The molecule has 1 aliphatic rings. The highest BCUT2D eigenvalue weighted by atomic mass is 19.4. The fraction of sp³-hybridized carbons (Fsp3) is 0.400. The van der Waals surface area contributed by atoms with Crippen molar-refractivity contribution in [3.63, 3.8) is 0 Å². The molecule has 1 amide bonds. The maximum absolute atomic E-state index is 12.9. The molecule has 8 nitrogen and oxygen atoms in total. The van der Waals surface area contributed by atoms with E-state index in [4.69, 9.17) is 9.47 Å². The number of carbonyl (C=O) groups excluding carboxylic acids is 1. The number of hydrogen-bond acceptors (Lipinski definition) is 6. The Kier molecular flexibility index (Phi) is 5.19. The number of hydrogen-bond donors (Lipinski definition) is 1. The summed E-state index contributed by atoms with van der Waals surface area (Å²) in [6.45, 7) is 5.34. The topological polar surface area (TPSA) is 90.6 Å². The summed E-state index contributed by atoms with van der Waals surface area (Å²) >= 11 is 0. The Morgan fingerprint density at radius 1 is 1.23 bits per heavy atom. The largest absolute Gasteiger partial charge is 0.454 e. The van der Waals surface area contributed by atoms with Crippen LogP contribution in [0.1, 0.15) is 47.7 Å². The summed E-state index contributed by atoms with van der Waals surface area (Å²) in [4.78, 5) is 20.1. The van der Waals surface area contributed by atoms with Gasteiger partial charge in [-0.3, -0.25) is 4.79 Å². The van der Waals surface area contributed by atoms with Crippen LogP contribution in [0, 0.1) is 13.8 Å². The lowest BCUT2D eigenvalue weighted by molar-refractivity contribution is -0.144. The Morgan fingerprint density at radius 2 is 1.97 bits per heavy atom. The minimum atomic E-state index is -4.65. The van der Waals surface area contributed by atoms with Crippen LogP contribution in [0.2, 0.25) is 0 Å².